The van der Waals surface area contributed by atoms with Crippen molar-refractivity contribution in [1.82, 2.24) is 5.32 Å². The lowest BCUT2D eigenvalue weighted by Gasteiger charge is -2.08. The van der Waals surface area contributed by atoms with E-state index in [-0.39, 0.29) is 17.4 Å². The van der Waals surface area contributed by atoms with Crippen molar-refractivity contribution in [2.75, 3.05) is 13.7 Å². The second-order valence-electron chi connectivity index (χ2n) is 3.33. The monoisotopic (exact) mass is 277 g/mol. The van der Waals surface area contributed by atoms with Gasteiger partial charge in [-0.15, -0.1) is 0 Å². The van der Waals surface area contributed by atoms with Crippen molar-refractivity contribution in [1.29, 1.82) is 0 Å². The molecule has 0 atom stereocenters. The molecule has 0 saturated carbocycles. The van der Waals surface area contributed by atoms with Gasteiger partial charge in [-0.25, -0.2) is 8.42 Å². The third-order valence-corrected chi connectivity index (χ3v) is 3.42. The molecule has 0 saturated heterocycles. The van der Waals surface area contributed by atoms with Crippen LogP contribution in [0.25, 0.3) is 0 Å². The van der Waals surface area contributed by atoms with E-state index in [4.69, 9.17) is 15.4 Å². The highest BCUT2D eigenvalue weighted by atomic mass is 35.7. The maximum Gasteiger partial charge on any atom is 0.261 e. The first kappa shape index (κ1) is 13.8. The highest BCUT2D eigenvalue weighted by Gasteiger charge is 2.12. The van der Waals surface area contributed by atoms with Gasteiger partial charge in [0.1, 0.15) is 5.75 Å². The lowest BCUT2D eigenvalue weighted by atomic mass is 10.2. The lowest BCUT2D eigenvalue weighted by molar-refractivity contribution is -0.122. The highest BCUT2D eigenvalue weighted by molar-refractivity contribution is 8.13. The third-order valence-electron chi connectivity index (χ3n) is 2.07. The SMILES string of the molecule is CNC(=O)COc1ccc(S(=O)(=O)Cl)cc1C. The van der Waals surface area contributed by atoms with Gasteiger partial charge in [0.25, 0.3) is 15.0 Å². The van der Waals surface area contributed by atoms with Crippen molar-refractivity contribution >= 4 is 25.6 Å². The van der Waals surface area contributed by atoms with Crippen LogP contribution in [0.3, 0.4) is 0 Å². The minimum absolute atomic E-state index is 0.00367. The minimum atomic E-state index is -3.74. The Kier molecular flexibility index (Phi) is 4.36. The Balaban J connectivity index is 2.88. The summed E-state index contributed by atoms with van der Waals surface area (Å²) in [5.41, 5.74) is 0.593. The van der Waals surface area contributed by atoms with E-state index in [1.54, 1.807) is 6.92 Å². The standard InChI is InChI=1S/C10H12ClNO4S/c1-7-5-8(17(11,14)15)3-4-9(7)16-6-10(13)12-2/h3-5H,6H2,1-2H3,(H,12,13). The van der Waals surface area contributed by atoms with E-state index in [0.717, 1.165) is 0 Å². The second kappa shape index (κ2) is 5.37. The lowest BCUT2D eigenvalue weighted by Crippen LogP contribution is -2.25. The highest BCUT2D eigenvalue weighted by Crippen LogP contribution is 2.23. The molecule has 94 valence electrons. The number of aryl methyl sites for hydroxylation is 1. The van der Waals surface area contributed by atoms with E-state index in [1.807, 2.05) is 0 Å². The van der Waals surface area contributed by atoms with Crippen molar-refractivity contribution in [3.8, 4) is 5.75 Å². The molecular weight excluding hydrogens is 266 g/mol. The van der Waals surface area contributed by atoms with Gasteiger partial charge < -0.3 is 10.1 Å². The predicted octanol–water partition coefficient (Wildman–Crippen LogP) is 1.05. The number of hydrogen-bond acceptors (Lipinski definition) is 4. The minimum Gasteiger partial charge on any atom is -0.484 e. The van der Waals surface area contributed by atoms with Crippen LogP contribution in [0, 0.1) is 6.92 Å². The van der Waals surface area contributed by atoms with Gasteiger partial charge >= 0.3 is 0 Å². The van der Waals surface area contributed by atoms with E-state index in [0.29, 0.717) is 11.3 Å². The molecule has 0 unspecified atom stereocenters. The smallest absolute Gasteiger partial charge is 0.261 e. The Morgan fingerprint density at radius 3 is 2.59 bits per heavy atom. The van der Waals surface area contributed by atoms with Crippen molar-refractivity contribution < 1.29 is 17.9 Å². The van der Waals surface area contributed by atoms with Gasteiger partial charge in [-0.3, -0.25) is 4.79 Å². The largest absolute Gasteiger partial charge is 0.484 e. The predicted molar refractivity (Wildman–Crippen MR) is 63.8 cm³/mol. The quantitative estimate of drug-likeness (QED) is 0.835. The third kappa shape index (κ3) is 3.90. The molecule has 0 spiro atoms. The molecule has 0 bridgehead atoms. The molecule has 1 aromatic carbocycles. The van der Waals surface area contributed by atoms with E-state index in [9.17, 15) is 13.2 Å². The average Bonchev–Trinajstić information content (AvgIpc) is 2.25. The van der Waals surface area contributed by atoms with E-state index in [1.165, 1.54) is 25.2 Å². The number of ether oxygens (including phenoxy) is 1. The van der Waals surface area contributed by atoms with Gasteiger partial charge in [0, 0.05) is 17.7 Å². The van der Waals surface area contributed by atoms with Crippen LogP contribution in [0.5, 0.6) is 5.75 Å². The average molecular weight is 278 g/mol. The van der Waals surface area contributed by atoms with Crippen LogP contribution in [0.15, 0.2) is 23.1 Å². The van der Waals surface area contributed by atoms with Crippen molar-refractivity contribution in [2.45, 2.75) is 11.8 Å². The maximum absolute atomic E-state index is 11.1. The Bertz CT molecular complexity index is 527. The first-order chi connectivity index (χ1) is 7.84. The maximum atomic E-state index is 11.1. The van der Waals surface area contributed by atoms with Gasteiger partial charge in [0.15, 0.2) is 6.61 Å². The first-order valence-electron chi connectivity index (χ1n) is 4.73. The van der Waals surface area contributed by atoms with Crippen LogP contribution in [-0.4, -0.2) is 28.0 Å². The topological polar surface area (TPSA) is 72.5 Å². The summed E-state index contributed by atoms with van der Waals surface area (Å²) in [6.45, 7) is 1.55. The molecule has 0 radical (unpaired) electrons. The fourth-order valence-corrected chi connectivity index (χ4v) is 1.99. The summed E-state index contributed by atoms with van der Waals surface area (Å²) in [6.07, 6.45) is 0. The van der Waals surface area contributed by atoms with Crippen LogP contribution < -0.4 is 10.1 Å². The number of amides is 1. The summed E-state index contributed by atoms with van der Waals surface area (Å²) in [5.74, 6) is 0.177. The van der Waals surface area contributed by atoms with Gasteiger partial charge in [0.2, 0.25) is 0 Å². The number of benzene rings is 1. The fourth-order valence-electron chi connectivity index (χ4n) is 1.15. The molecule has 1 rings (SSSR count). The van der Waals surface area contributed by atoms with Crippen molar-refractivity contribution in [2.24, 2.45) is 0 Å². The number of likely N-dealkylation sites (N-methyl/N-ethyl adjacent to an activating group) is 1. The molecule has 1 N–H and O–H groups in total. The number of nitrogens with one attached hydrogen (secondary N) is 1. The summed E-state index contributed by atoms with van der Waals surface area (Å²) in [5, 5.41) is 2.41. The second-order valence-corrected chi connectivity index (χ2v) is 5.89. The molecule has 1 aromatic rings. The summed E-state index contributed by atoms with van der Waals surface area (Å²) in [6, 6.07) is 4.18. The molecular formula is C10H12ClNO4S. The summed E-state index contributed by atoms with van der Waals surface area (Å²) in [7, 11) is 2.96. The van der Waals surface area contributed by atoms with Gasteiger partial charge in [-0.2, -0.15) is 0 Å². The van der Waals surface area contributed by atoms with Crippen molar-refractivity contribution in [3.63, 3.8) is 0 Å². The molecule has 5 nitrogen and oxygen atoms in total. The van der Waals surface area contributed by atoms with Crippen LogP contribution in [0.1, 0.15) is 5.56 Å². The Hall–Kier alpha value is -1.27. The number of rotatable bonds is 4. The van der Waals surface area contributed by atoms with Crippen LogP contribution in [-0.2, 0) is 13.8 Å². The summed E-state index contributed by atoms with van der Waals surface area (Å²) in [4.78, 5) is 11.0. The van der Waals surface area contributed by atoms with E-state index >= 15 is 0 Å². The van der Waals surface area contributed by atoms with Crippen molar-refractivity contribution in [3.05, 3.63) is 23.8 Å². The molecule has 0 aromatic heterocycles. The zero-order chi connectivity index (χ0) is 13.1. The summed E-state index contributed by atoms with van der Waals surface area (Å²) < 4.78 is 27.3. The Labute approximate surface area is 104 Å². The molecule has 17 heavy (non-hydrogen) atoms. The zero-order valence-corrected chi connectivity index (χ0v) is 10.9. The van der Waals surface area contributed by atoms with Crippen LogP contribution >= 0.6 is 10.7 Å². The fraction of sp³-hybridized carbons (Fsp3) is 0.300. The Morgan fingerprint density at radius 2 is 2.12 bits per heavy atom. The first-order valence-corrected chi connectivity index (χ1v) is 7.04. The van der Waals surface area contributed by atoms with Crippen LogP contribution in [0.4, 0.5) is 0 Å². The Morgan fingerprint density at radius 1 is 1.47 bits per heavy atom. The van der Waals surface area contributed by atoms with Gasteiger partial charge in [0.05, 0.1) is 4.90 Å². The van der Waals surface area contributed by atoms with E-state index < -0.39 is 9.05 Å². The molecule has 0 aliphatic heterocycles. The molecule has 0 aliphatic carbocycles. The summed E-state index contributed by atoms with van der Waals surface area (Å²) >= 11 is 0. The molecule has 1 amide bonds. The number of carbonyl (C=O) groups excluding carboxylic acids is 1. The van der Waals surface area contributed by atoms with Gasteiger partial charge in [-0.1, -0.05) is 0 Å². The van der Waals surface area contributed by atoms with E-state index in [2.05, 4.69) is 5.32 Å². The molecule has 0 aliphatic rings. The normalized spacial score (nSPS) is 11.0. The zero-order valence-electron chi connectivity index (χ0n) is 9.36. The number of hydrogen-bond donors (Lipinski definition) is 1. The molecule has 0 fully saturated rings. The molecule has 0 heterocycles. The van der Waals surface area contributed by atoms with Crippen LogP contribution in [0.2, 0.25) is 0 Å². The van der Waals surface area contributed by atoms with Gasteiger partial charge in [-0.05, 0) is 30.7 Å². The molecule has 7 heteroatoms. The number of halogens is 1. The number of carbonyl (C=O) groups is 1.